The summed E-state index contributed by atoms with van der Waals surface area (Å²) in [7, 11) is 1.45. The standard InChI is InChI=1S/C7H16O3Si/c1-6(5-11-8-2)9-3-7-4-10-7/h6-7H,3-5,11H2,1-2H3. The average Bonchev–Trinajstić information content (AvgIpc) is 2.80. The minimum Gasteiger partial charge on any atom is -0.427 e. The van der Waals surface area contributed by atoms with E-state index in [0.29, 0.717) is 12.2 Å². The zero-order valence-electron chi connectivity index (χ0n) is 7.21. The van der Waals surface area contributed by atoms with Crippen LogP contribution in [0.4, 0.5) is 0 Å². The lowest BCUT2D eigenvalue weighted by Crippen LogP contribution is -2.14. The van der Waals surface area contributed by atoms with Crippen molar-refractivity contribution in [2.24, 2.45) is 0 Å². The summed E-state index contributed by atoms with van der Waals surface area (Å²) in [4.78, 5) is 0. The van der Waals surface area contributed by atoms with E-state index in [9.17, 15) is 0 Å². The molecular weight excluding hydrogens is 160 g/mol. The summed E-state index contributed by atoms with van der Waals surface area (Å²) >= 11 is 0. The smallest absolute Gasteiger partial charge is 0.163 e. The molecule has 0 amide bonds. The van der Waals surface area contributed by atoms with Gasteiger partial charge in [0.2, 0.25) is 0 Å². The zero-order chi connectivity index (χ0) is 8.10. The molecule has 4 heteroatoms. The second-order valence-electron chi connectivity index (χ2n) is 2.88. The third-order valence-electron chi connectivity index (χ3n) is 1.70. The molecule has 0 N–H and O–H groups in total. The van der Waals surface area contributed by atoms with Gasteiger partial charge in [0.05, 0.1) is 19.3 Å². The molecule has 1 heterocycles. The van der Waals surface area contributed by atoms with Crippen molar-refractivity contribution < 1.29 is 13.9 Å². The Kier molecular flexibility index (Phi) is 4.07. The van der Waals surface area contributed by atoms with Gasteiger partial charge in [-0.3, -0.25) is 0 Å². The second-order valence-corrected chi connectivity index (χ2v) is 4.44. The number of epoxide rings is 1. The number of rotatable bonds is 6. The maximum absolute atomic E-state index is 5.50. The monoisotopic (exact) mass is 176 g/mol. The van der Waals surface area contributed by atoms with E-state index < -0.39 is 0 Å². The number of hydrogen-bond donors (Lipinski definition) is 0. The maximum atomic E-state index is 5.50. The first kappa shape index (κ1) is 9.19. The second kappa shape index (κ2) is 4.87. The first-order chi connectivity index (χ1) is 5.33. The summed E-state index contributed by atoms with van der Waals surface area (Å²) in [6.07, 6.45) is 0.743. The molecular formula is C7H16O3Si. The predicted octanol–water partition coefficient (Wildman–Crippen LogP) is -0.0612. The first-order valence-corrected chi connectivity index (χ1v) is 5.63. The van der Waals surface area contributed by atoms with E-state index in [0.717, 1.165) is 19.3 Å². The van der Waals surface area contributed by atoms with Crippen LogP contribution in [0, 0.1) is 0 Å². The van der Waals surface area contributed by atoms with E-state index in [2.05, 4.69) is 6.92 Å². The molecule has 0 spiro atoms. The van der Waals surface area contributed by atoms with Crippen LogP contribution in [0.15, 0.2) is 0 Å². The van der Waals surface area contributed by atoms with Gasteiger partial charge in [-0.2, -0.15) is 0 Å². The molecule has 0 aliphatic carbocycles. The van der Waals surface area contributed by atoms with Gasteiger partial charge in [-0.05, 0) is 13.0 Å². The highest BCUT2D eigenvalue weighted by atomic mass is 28.2. The van der Waals surface area contributed by atoms with Crippen LogP contribution in [0.5, 0.6) is 0 Å². The minimum atomic E-state index is -0.316. The summed E-state index contributed by atoms with van der Waals surface area (Å²) < 4.78 is 15.6. The molecule has 1 rings (SSSR count). The SMILES string of the molecule is CO[SiH2]CC(C)OCC1CO1. The predicted molar refractivity (Wildman–Crippen MR) is 45.5 cm³/mol. The third-order valence-corrected chi connectivity index (χ3v) is 3.15. The Balaban J connectivity index is 1.87. The molecule has 0 saturated carbocycles. The molecule has 0 radical (unpaired) electrons. The molecule has 2 unspecified atom stereocenters. The molecule has 1 aliphatic rings. The minimum absolute atomic E-state index is 0.316. The first-order valence-electron chi connectivity index (χ1n) is 4.05. The highest BCUT2D eigenvalue weighted by molar-refractivity contribution is 6.27. The van der Waals surface area contributed by atoms with Crippen molar-refractivity contribution in [1.29, 1.82) is 0 Å². The molecule has 0 bridgehead atoms. The van der Waals surface area contributed by atoms with Gasteiger partial charge in [0.1, 0.15) is 6.10 Å². The van der Waals surface area contributed by atoms with Gasteiger partial charge in [-0.25, -0.2) is 0 Å². The van der Waals surface area contributed by atoms with Crippen molar-refractivity contribution in [1.82, 2.24) is 0 Å². The lowest BCUT2D eigenvalue weighted by atomic mass is 10.4. The molecule has 11 heavy (non-hydrogen) atoms. The lowest BCUT2D eigenvalue weighted by Gasteiger charge is -2.10. The fourth-order valence-electron chi connectivity index (χ4n) is 0.803. The number of hydrogen-bond acceptors (Lipinski definition) is 3. The van der Waals surface area contributed by atoms with Gasteiger partial charge < -0.3 is 13.9 Å². The van der Waals surface area contributed by atoms with Crippen LogP contribution in [-0.2, 0) is 13.9 Å². The van der Waals surface area contributed by atoms with Gasteiger partial charge in [0.15, 0.2) is 9.76 Å². The molecule has 0 aromatic heterocycles. The maximum Gasteiger partial charge on any atom is 0.163 e. The van der Waals surface area contributed by atoms with Crippen LogP contribution in [0.3, 0.4) is 0 Å². The highest BCUT2D eigenvalue weighted by Crippen LogP contribution is 2.10. The lowest BCUT2D eigenvalue weighted by molar-refractivity contribution is 0.0648. The van der Waals surface area contributed by atoms with Gasteiger partial charge in [-0.15, -0.1) is 0 Å². The summed E-state index contributed by atoms with van der Waals surface area (Å²) in [5.41, 5.74) is 0. The van der Waals surface area contributed by atoms with Crippen LogP contribution in [0.2, 0.25) is 6.04 Å². The van der Waals surface area contributed by atoms with Crippen LogP contribution in [-0.4, -0.2) is 42.3 Å². The van der Waals surface area contributed by atoms with Crippen LogP contribution < -0.4 is 0 Å². The molecule has 1 fully saturated rings. The van der Waals surface area contributed by atoms with E-state index in [1.54, 1.807) is 7.11 Å². The third kappa shape index (κ3) is 4.52. The molecule has 66 valence electrons. The molecule has 2 atom stereocenters. The Hall–Kier alpha value is 0.0969. The largest absolute Gasteiger partial charge is 0.427 e. The Morgan fingerprint density at radius 1 is 1.73 bits per heavy atom. The fourth-order valence-corrected chi connectivity index (χ4v) is 1.54. The zero-order valence-corrected chi connectivity index (χ0v) is 8.62. The topological polar surface area (TPSA) is 31.0 Å². The van der Waals surface area contributed by atoms with Crippen molar-refractivity contribution >= 4 is 9.76 Å². The summed E-state index contributed by atoms with van der Waals surface area (Å²) in [6.45, 7) is 3.74. The van der Waals surface area contributed by atoms with E-state index >= 15 is 0 Å². The summed E-state index contributed by atoms with van der Waals surface area (Å²) in [5.74, 6) is 0. The van der Waals surface area contributed by atoms with Crippen LogP contribution in [0.25, 0.3) is 0 Å². The Labute approximate surface area is 70.0 Å². The molecule has 1 saturated heterocycles. The van der Waals surface area contributed by atoms with Gasteiger partial charge in [-0.1, -0.05) is 0 Å². The normalized spacial score (nSPS) is 26.2. The van der Waals surface area contributed by atoms with Crippen molar-refractivity contribution in [2.75, 3.05) is 20.3 Å². The van der Waals surface area contributed by atoms with Crippen LogP contribution >= 0.6 is 0 Å². The fraction of sp³-hybridized carbons (Fsp3) is 1.00. The molecule has 0 aromatic rings. The van der Waals surface area contributed by atoms with Crippen molar-refractivity contribution in [2.45, 2.75) is 25.2 Å². The summed E-state index contributed by atoms with van der Waals surface area (Å²) in [5, 5.41) is 0. The van der Waals surface area contributed by atoms with Crippen LogP contribution in [0.1, 0.15) is 6.92 Å². The molecule has 3 nitrogen and oxygen atoms in total. The quantitative estimate of drug-likeness (QED) is 0.419. The Bertz CT molecular complexity index is 106. The summed E-state index contributed by atoms with van der Waals surface area (Å²) in [6, 6.07) is 1.10. The molecule has 1 aliphatic heterocycles. The van der Waals surface area contributed by atoms with Crippen molar-refractivity contribution in [3.63, 3.8) is 0 Å². The number of ether oxygens (including phenoxy) is 2. The van der Waals surface area contributed by atoms with E-state index in [1.807, 2.05) is 0 Å². The van der Waals surface area contributed by atoms with Gasteiger partial charge in [0.25, 0.3) is 0 Å². The Morgan fingerprint density at radius 3 is 3.00 bits per heavy atom. The van der Waals surface area contributed by atoms with Crippen molar-refractivity contribution in [3.8, 4) is 0 Å². The van der Waals surface area contributed by atoms with E-state index in [4.69, 9.17) is 13.9 Å². The van der Waals surface area contributed by atoms with Gasteiger partial charge in [0, 0.05) is 7.11 Å². The van der Waals surface area contributed by atoms with Gasteiger partial charge >= 0.3 is 0 Å². The Morgan fingerprint density at radius 2 is 2.45 bits per heavy atom. The van der Waals surface area contributed by atoms with E-state index in [-0.39, 0.29) is 9.76 Å². The van der Waals surface area contributed by atoms with Crippen molar-refractivity contribution in [3.05, 3.63) is 0 Å². The molecule has 0 aromatic carbocycles. The van der Waals surface area contributed by atoms with E-state index in [1.165, 1.54) is 0 Å². The highest BCUT2D eigenvalue weighted by Gasteiger charge is 2.23. The average molecular weight is 176 g/mol.